The molecule has 3 heteroatoms. The second kappa shape index (κ2) is 7.77. The van der Waals surface area contributed by atoms with Gasteiger partial charge in [-0.3, -0.25) is 0 Å². The third-order valence-corrected chi connectivity index (χ3v) is 5.22. The fourth-order valence-electron chi connectivity index (χ4n) is 2.14. The van der Waals surface area contributed by atoms with Gasteiger partial charge in [-0.15, -0.1) is 23.5 Å². The van der Waals surface area contributed by atoms with Crippen LogP contribution in [0, 0.1) is 6.92 Å². The molecule has 0 unspecified atom stereocenters. The van der Waals surface area contributed by atoms with E-state index in [0.29, 0.717) is 6.54 Å². The molecule has 0 aliphatic carbocycles. The summed E-state index contributed by atoms with van der Waals surface area (Å²) < 4.78 is 0. The maximum Gasteiger partial charge on any atom is 0.0232 e. The van der Waals surface area contributed by atoms with Crippen LogP contribution in [0.3, 0.4) is 0 Å². The molecule has 0 saturated heterocycles. The highest BCUT2D eigenvalue weighted by Gasteiger charge is 2.07. The van der Waals surface area contributed by atoms with Crippen molar-refractivity contribution in [2.24, 2.45) is 5.73 Å². The highest BCUT2D eigenvalue weighted by molar-refractivity contribution is 7.99. The van der Waals surface area contributed by atoms with Crippen LogP contribution in [0.15, 0.2) is 52.3 Å². The van der Waals surface area contributed by atoms with E-state index in [1.807, 2.05) is 23.5 Å². The summed E-state index contributed by atoms with van der Waals surface area (Å²) in [6.45, 7) is 4.93. The lowest BCUT2D eigenvalue weighted by molar-refractivity contribution is 0.980. The van der Waals surface area contributed by atoms with Crippen LogP contribution in [0.5, 0.6) is 0 Å². The first-order valence-electron chi connectivity index (χ1n) is 6.87. The van der Waals surface area contributed by atoms with Crippen molar-refractivity contribution in [1.82, 2.24) is 0 Å². The molecule has 0 heterocycles. The lowest BCUT2D eigenvalue weighted by atomic mass is 10.2. The van der Waals surface area contributed by atoms with E-state index in [4.69, 9.17) is 5.73 Å². The predicted octanol–water partition coefficient (Wildman–Crippen LogP) is 4.86. The molecule has 2 rings (SSSR count). The number of hydrogen-bond acceptors (Lipinski definition) is 3. The molecule has 106 valence electrons. The van der Waals surface area contributed by atoms with Gasteiger partial charge in [0.25, 0.3) is 0 Å². The largest absolute Gasteiger partial charge is 0.326 e. The summed E-state index contributed by atoms with van der Waals surface area (Å²) in [4.78, 5) is 2.64. The van der Waals surface area contributed by atoms with Crippen LogP contribution in [0.1, 0.15) is 23.6 Å². The van der Waals surface area contributed by atoms with E-state index in [2.05, 4.69) is 56.3 Å². The van der Waals surface area contributed by atoms with E-state index in [0.717, 1.165) is 11.5 Å². The summed E-state index contributed by atoms with van der Waals surface area (Å²) in [5.74, 6) is 2.08. The van der Waals surface area contributed by atoms with E-state index in [1.54, 1.807) is 0 Å². The molecule has 0 radical (unpaired) electrons. The lowest BCUT2D eigenvalue weighted by Crippen LogP contribution is -2.01. The predicted molar refractivity (Wildman–Crippen MR) is 91.5 cm³/mol. The summed E-state index contributed by atoms with van der Waals surface area (Å²) in [6, 6.07) is 15.2. The highest BCUT2D eigenvalue weighted by Crippen LogP contribution is 2.32. The second-order valence-corrected chi connectivity index (χ2v) is 6.97. The molecule has 0 spiro atoms. The Morgan fingerprint density at radius 2 is 1.70 bits per heavy atom. The van der Waals surface area contributed by atoms with E-state index in [1.165, 1.54) is 26.5 Å². The Labute approximate surface area is 130 Å². The molecule has 0 saturated carbocycles. The van der Waals surface area contributed by atoms with Crippen molar-refractivity contribution in [3.63, 3.8) is 0 Å². The van der Waals surface area contributed by atoms with Gasteiger partial charge < -0.3 is 5.73 Å². The monoisotopic (exact) mass is 303 g/mol. The minimum Gasteiger partial charge on any atom is -0.326 e. The Bertz CT molecular complexity index is 567. The van der Waals surface area contributed by atoms with Crippen LogP contribution in [0.25, 0.3) is 0 Å². The third kappa shape index (κ3) is 4.05. The Morgan fingerprint density at radius 3 is 2.35 bits per heavy atom. The smallest absolute Gasteiger partial charge is 0.0232 e. The molecule has 0 aromatic heterocycles. The van der Waals surface area contributed by atoms with Crippen LogP contribution < -0.4 is 5.73 Å². The van der Waals surface area contributed by atoms with Crippen LogP contribution >= 0.6 is 23.5 Å². The maximum atomic E-state index is 5.95. The third-order valence-electron chi connectivity index (χ3n) is 3.07. The van der Waals surface area contributed by atoms with E-state index < -0.39 is 0 Å². The molecule has 0 aliphatic rings. The highest BCUT2D eigenvalue weighted by atomic mass is 32.2. The summed E-state index contributed by atoms with van der Waals surface area (Å²) in [7, 11) is 0. The normalized spacial score (nSPS) is 10.8. The molecular weight excluding hydrogens is 282 g/mol. The molecular formula is C17H21NS2. The number of aryl methyl sites for hydroxylation is 1. The van der Waals surface area contributed by atoms with Gasteiger partial charge in [0.1, 0.15) is 0 Å². The first kappa shape index (κ1) is 15.5. The summed E-state index contributed by atoms with van der Waals surface area (Å²) >= 11 is 3.75. The molecule has 0 atom stereocenters. The average Bonchev–Trinajstić information content (AvgIpc) is 2.45. The Balaban J connectivity index is 2.14. The molecule has 1 nitrogen and oxygen atoms in total. The summed E-state index contributed by atoms with van der Waals surface area (Å²) in [5.41, 5.74) is 9.92. The SMILES string of the molecule is CCSc1cccc(SCc2cccc(C)c2)c1CN. The lowest BCUT2D eigenvalue weighted by Gasteiger charge is -2.12. The van der Waals surface area contributed by atoms with Crippen LogP contribution in [-0.4, -0.2) is 5.75 Å². The van der Waals surface area contributed by atoms with Gasteiger partial charge in [-0.05, 0) is 35.9 Å². The molecule has 0 fully saturated rings. The van der Waals surface area contributed by atoms with Crippen LogP contribution in [-0.2, 0) is 12.3 Å². The Kier molecular flexibility index (Phi) is 6.02. The first-order chi connectivity index (χ1) is 9.74. The van der Waals surface area contributed by atoms with Gasteiger partial charge in [0, 0.05) is 22.1 Å². The van der Waals surface area contributed by atoms with E-state index in [-0.39, 0.29) is 0 Å². The Morgan fingerprint density at radius 1 is 1.00 bits per heavy atom. The quantitative estimate of drug-likeness (QED) is 0.772. The van der Waals surface area contributed by atoms with Gasteiger partial charge in [0.2, 0.25) is 0 Å². The molecule has 0 bridgehead atoms. The zero-order chi connectivity index (χ0) is 14.4. The van der Waals surface area contributed by atoms with E-state index in [9.17, 15) is 0 Å². The van der Waals surface area contributed by atoms with Gasteiger partial charge in [-0.1, -0.05) is 42.8 Å². The van der Waals surface area contributed by atoms with Crippen LogP contribution in [0.2, 0.25) is 0 Å². The van der Waals surface area contributed by atoms with Gasteiger partial charge in [-0.25, -0.2) is 0 Å². The molecule has 0 amide bonds. The first-order valence-corrected chi connectivity index (χ1v) is 8.84. The van der Waals surface area contributed by atoms with Crippen molar-refractivity contribution >= 4 is 23.5 Å². The number of hydrogen-bond donors (Lipinski definition) is 1. The van der Waals surface area contributed by atoms with Gasteiger partial charge in [-0.2, -0.15) is 0 Å². The summed E-state index contributed by atoms with van der Waals surface area (Å²) in [5, 5.41) is 0. The molecule has 0 aliphatic heterocycles. The van der Waals surface area contributed by atoms with Crippen molar-refractivity contribution in [3.05, 3.63) is 59.2 Å². The van der Waals surface area contributed by atoms with Gasteiger partial charge in [0.15, 0.2) is 0 Å². The minimum atomic E-state index is 0.610. The fourth-order valence-corrected chi connectivity index (χ4v) is 4.10. The van der Waals surface area contributed by atoms with E-state index >= 15 is 0 Å². The molecule has 2 aromatic rings. The van der Waals surface area contributed by atoms with Gasteiger partial charge >= 0.3 is 0 Å². The van der Waals surface area contributed by atoms with Crippen molar-refractivity contribution in [3.8, 4) is 0 Å². The van der Waals surface area contributed by atoms with Crippen molar-refractivity contribution < 1.29 is 0 Å². The molecule has 20 heavy (non-hydrogen) atoms. The summed E-state index contributed by atoms with van der Waals surface area (Å²) in [6.07, 6.45) is 0. The van der Waals surface area contributed by atoms with Crippen molar-refractivity contribution in [1.29, 1.82) is 0 Å². The maximum absolute atomic E-state index is 5.95. The molecule has 2 aromatic carbocycles. The van der Waals surface area contributed by atoms with Crippen LogP contribution in [0.4, 0.5) is 0 Å². The number of benzene rings is 2. The number of nitrogens with two attached hydrogens (primary N) is 1. The average molecular weight is 303 g/mol. The second-order valence-electron chi connectivity index (χ2n) is 4.65. The standard InChI is InChI=1S/C17H21NS2/c1-3-19-16-8-5-9-17(15(16)11-18)20-12-14-7-4-6-13(2)10-14/h4-10H,3,11-12,18H2,1-2H3. The fraction of sp³-hybridized carbons (Fsp3) is 0.294. The van der Waals surface area contributed by atoms with Crippen molar-refractivity contribution in [2.45, 2.75) is 35.9 Å². The minimum absolute atomic E-state index is 0.610. The zero-order valence-corrected chi connectivity index (χ0v) is 13.7. The number of rotatable bonds is 6. The van der Waals surface area contributed by atoms with Crippen molar-refractivity contribution in [2.75, 3.05) is 5.75 Å². The number of thioether (sulfide) groups is 2. The Hall–Kier alpha value is -0.900. The molecule has 2 N–H and O–H groups in total. The topological polar surface area (TPSA) is 26.0 Å². The van der Waals surface area contributed by atoms with Gasteiger partial charge in [0.05, 0.1) is 0 Å². The zero-order valence-electron chi connectivity index (χ0n) is 12.1.